The first-order valence-electron chi connectivity index (χ1n) is 5.76. The highest BCUT2D eigenvalue weighted by Crippen LogP contribution is 2.12. The summed E-state index contributed by atoms with van der Waals surface area (Å²) in [6.07, 6.45) is 7.38. The molecule has 3 heterocycles. The molecule has 1 N–H and O–H groups in total. The Morgan fingerprint density at radius 1 is 1.28 bits per heavy atom. The fourth-order valence-corrected chi connectivity index (χ4v) is 2.53. The smallest absolute Gasteiger partial charge is 0.193 e. The maximum absolute atomic E-state index is 8.76. The standard InChI is InChI=1S/C11H13N5OS/c17-4-1-2-9-7-16(14-13-9)8-10-6-15-3-5-18-11(15)12-10/h3,5-7,17H,1-2,4,8H2. The van der Waals surface area contributed by atoms with E-state index in [0.29, 0.717) is 6.54 Å². The molecule has 0 aliphatic heterocycles. The van der Waals surface area contributed by atoms with Crippen LogP contribution in [0.15, 0.2) is 24.0 Å². The minimum absolute atomic E-state index is 0.185. The average Bonchev–Trinajstić information content (AvgIpc) is 3.02. The van der Waals surface area contributed by atoms with Gasteiger partial charge in [0.05, 0.1) is 17.9 Å². The highest BCUT2D eigenvalue weighted by atomic mass is 32.1. The molecule has 0 bridgehead atoms. The Labute approximate surface area is 108 Å². The van der Waals surface area contributed by atoms with E-state index in [2.05, 4.69) is 15.3 Å². The average molecular weight is 263 g/mol. The fraction of sp³-hybridized carbons (Fsp3) is 0.364. The second kappa shape index (κ2) is 4.87. The predicted octanol–water partition coefficient (Wildman–Crippen LogP) is 0.960. The molecule has 0 atom stereocenters. The third-order valence-corrected chi connectivity index (χ3v) is 3.41. The van der Waals surface area contributed by atoms with Gasteiger partial charge in [0.2, 0.25) is 0 Å². The molecule has 0 amide bonds. The van der Waals surface area contributed by atoms with Crippen LogP contribution in [0.4, 0.5) is 0 Å². The largest absolute Gasteiger partial charge is 0.396 e. The van der Waals surface area contributed by atoms with E-state index in [-0.39, 0.29) is 6.61 Å². The zero-order valence-electron chi connectivity index (χ0n) is 9.73. The van der Waals surface area contributed by atoms with E-state index >= 15 is 0 Å². The van der Waals surface area contributed by atoms with E-state index in [9.17, 15) is 0 Å². The Morgan fingerprint density at radius 2 is 2.22 bits per heavy atom. The molecule has 0 aliphatic carbocycles. The molecular weight excluding hydrogens is 250 g/mol. The van der Waals surface area contributed by atoms with Crippen molar-refractivity contribution in [1.82, 2.24) is 24.4 Å². The number of hydrogen-bond acceptors (Lipinski definition) is 5. The summed E-state index contributed by atoms with van der Waals surface area (Å²) >= 11 is 1.61. The number of nitrogens with zero attached hydrogens (tertiary/aromatic N) is 5. The number of imidazole rings is 1. The molecule has 0 saturated heterocycles. The SMILES string of the molecule is OCCCc1cn(Cc2cn3ccsc3n2)nn1. The molecule has 0 unspecified atom stereocenters. The van der Waals surface area contributed by atoms with E-state index in [1.54, 1.807) is 16.0 Å². The van der Waals surface area contributed by atoms with Crippen molar-refractivity contribution < 1.29 is 5.11 Å². The van der Waals surface area contributed by atoms with Crippen LogP contribution in [0.2, 0.25) is 0 Å². The van der Waals surface area contributed by atoms with Gasteiger partial charge in [-0.05, 0) is 12.8 Å². The van der Waals surface area contributed by atoms with Crippen molar-refractivity contribution in [2.75, 3.05) is 6.61 Å². The van der Waals surface area contributed by atoms with Crippen LogP contribution in [0.1, 0.15) is 17.8 Å². The summed E-state index contributed by atoms with van der Waals surface area (Å²) in [7, 11) is 0. The number of fused-ring (bicyclic) bond motifs is 1. The van der Waals surface area contributed by atoms with E-state index in [1.807, 2.05) is 28.4 Å². The van der Waals surface area contributed by atoms with Crippen molar-refractivity contribution in [3.63, 3.8) is 0 Å². The molecule has 18 heavy (non-hydrogen) atoms. The Kier molecular flexibility index (Phi) is 3.07. The van der Waals surface area contributed by atoms with Gasteiger partial charge in [-0.3, -0.25) is 4.40 Å². The van der Waals surface area contributed by atoms with Gasteiger partial charge in [-0.15, -0.1) is 16.4 Å². The lowest BCUT2D eigenvalue weighted by Gasteiger charge is -1.94. The molecule has 0 spiro atoms. The predicted molar refractivity (Wildman–Crippen MR) is 67.6 cm³/mol. The van der Waals surface area contributed by atoms with Crippen molar-refractivity contribution in [2.45, 2.75) is 19.4 Å². The molecule has 3 aromatic rings. The Morgan fingerprint density at radius 3 is 3.06 bits per heavy atom. The summed E-state index contributed by atoms with van der Waals surface area (Å²) in [6, 6.07) is 0. The first-order chi connectivity index (χ1) is 8.85. The summed E-state index contributed by atoms with van der Waals surface area (Å²) < 4.78 is 3.78. The number of thiazole rings is 1. The van der Waals surface area contributed by atoms with Gasteiger partial charge in [0.1, 0.15) is 0 Å². The quantitative estimate of drug-likeness (QED) is 0.744. The minimum atomic E-state index is 0.185. The number of hydrogen-bond donors (Lipinski definition) is 1. The van der Waals surface area contributed by atoms with Gasteiger partial charge in [0.25, 0.3) is 0 Å². The second-order valence-corrected chi connectivity index (χ2v) is 4.93. The third kappa shape index (κ3) is 2.27. The first kappa shape index (κ1) is 11.4. The first-order valence-corrected chi connectivity index (χ1v) is 6.64. The van der Waals surface area contributed by atoms with Gasteiger partial charge in [-0.1, -0.05) is 5.21 Å². The van der Waals surface area contributed by atoms with Crippen LogP contribution in [0.3, 0.4) is 0 Å². The highest BCUT2D eigenvalue weighted by Gasteiger charge is 2.05. The van der Waals surface area contributed by atoms with Crippen LogP contribution >= 0.6 is 11.3 Å². The van der Waals surface area contributed by atoms with Crippen molar-refractivity contribution in [2.24, 2.45) is 0 Å². The Balaban J connectivity index is 1.72. The molecule has 94 valence electrons. The van der Waals surface area contributed by atoms with Crippen molar-refractivity contribution in [1.29, 1.82) is 0 Å². The molecule has 0 radical (unpaired) electrons. The normalized spacial score (nSPS) is 11.4. The number of aryl methyl sites for hydroxylation is 1. The molecule has 3 aromatic heterocycles. The maximum atomic E-state index is 8.76. The molecule has 6 nitrogen and oxygen atoms in total. The number of aromatic nitrogens is 5. The van der Waals surface area contributed by atoms with Crippen LogP contribution in [0.25, 0.3) is 4.96 Å². The summed E-state index contributed by atoms with van der Waals surface area (Å²) in [6.45, 7) is 0.810. The van der Waals surface area contributed by atoms with Gasteiger partial charge in [-0.25, -0.2) is 9.67 Å². The van der Waals surface area contributed by atoms with Gasteiger partial charge >= 0.3 is 0 Å². The van der Waals surface area contributed by atoms with Gasteiger partial charge < -0.3 is 5.11 Å². The lowest BCUT2D eigenvalue weighted by atomic mass is 10.3. The monoisotopic (exact) mass is 263 g/mol. The number of aliphatic hydroxyl groups is 1. The van der Waals surface area contributed by atoms with Gasteiger partial charge in [0.15, 0.2) is 4.96 Å². The molecule has 3 rings (SSSR count). The Hall–Kier alpha value is -1.73. The van der Waals surface area contributed by atoms with Gasteiger partial charge in [0, 0.05) is 30.6 Å². The lowest BCUT2D eigenvalue weighted by molar-refractivity contribution is 0.288. The molecule has 0 saturated carbocycles. The second-order valence-electron chi connectivity index (χ2n) is 4.06. The van der Waals surface area contributed by atoms with E-state index < -0.39 is 0 Å². The third-order valence-electron chi connectivity index (χ3n) is 2.64. The van der Waals surface area contributed by atoms with Gasteiger partial charge in [-0.2, -0.15) is 0 Å². The molecule has 0 fully saturated rings. The lowest BCUT2D eigenvalue weighted by Crippen LogP contribution is -2.00. The van der Waals surface area contributed by atoms with Crippen LogP contribution in [-0.2, 0) is 13.0 Å². The van der Waals surface area contributed by atoms with E-state index in [1.165, 1.54) is 0 Å². The van der Waals surface area contributed by atoms with Crippen molar-refractivity contribution in [3.8, 4) is 0 Å². The van der Waals surface area contributed by atoms with E-state index in [4.69, 9.17) is 5.11 Å². The van der Waals surface area contributed by atoms with Crippen LogP contribution in [0.5, 0.6) is 0 Å². The zero-order chi connectivity index (χ0) is 12.4. The van der Waals surface area contributed by atoms with Crippen LogP contribution < -0.4 is 0 Å². The number of aliphatic hydroxyl groups excluding tert-OH is 1. The maximum Gasteiger partial charge on any atom is 0.193 e. The zero-order valence-corrected chi connectivity index (χ0v) is 10.5. The summed E-state index contributed by atoms with van der Waals surface area (Å²) in [5, 5.41) is 18.9. The van der Waals surface area contributed by atoms with Crippen molar-refractivity contribution in [3.05, 3.63) is 35.4 Å². The number of rotatable bonds is 5. The molecule has 0 aliphatic rings. The fourth-order valence-electron chi connectivity index (χ4n) is 1.81. The molecule has 0 aromatic carbocycles. The van der Waals surface area contributed by atoms with Crippen LogP contribution in [-0.4, -0.2) is 36.1 Å². The summed E-state index contributed by atoms with van der Waals surface area (Å²) in [5.41, 5.74) is 1.88. The van der Waals surface area contributed by atoms with Crippen molar-refractivity contribution >= 4 is 16.3 Å². The molecule has 7 heteroatoms. The van der Waals surface area contributed by atoms with Crippen LogP contribution in [0, 0.1) is 0 Å². The summed E-state index contributed by atoms with van der Waals surface area (Å²) in [4.78, 5) is 5.48. The molecular formula is C11H13N5OS. The van der Waals surface area contributed by atoms with E-state index in [0.717, 1.165) is 29.2 Å². The Bertz CT molecular complexity index is 612. The topological polar surface area (TPSA) is 68.2 Å². The highest BCUT2D eigenvalue weighted by molar-refractivity contribution is 7.15. The minimum Gasteiger partial charge on any atom is -0.396 e. The summed E-state index contributed by atoms with van der Waals surface area (Å²) in [5.74, 6) is 0.